The van der Waals surface area contributed by atoms with Crippen LogP contribution in [-0.4, -0.2) is 32.2 Å². The lowest BCUT2D eigenvalue weighted by molar-refractivity contribution is -0.112. The van der Waals surface area contributed by atoms with Gasteiger partial charge in [-0.15, -0.1) is 0 Å². The molecule has 0 atom stereocenters. The minimum Gasteiger partial charge on any atom is -0.493 e. The third kappa shape index (κ3) is 6.04. The van der Waals surface area contributed by atoms with Crippen molar-refractivity contribution in [2.24, 2.45) is 0 Å². The van der Waals surface area contributed by atoms with E-state index in [1.54, 1.807) is 13.0 Å². The van der Waals surface area contributed by atoms with E-state index in [1.807, 2.05) is 0 Å². The summed E-state index contributed by atoms with van der Waals surface area (Å²) in [6, 6.07) is 11.8. The van der Waals surface area contributed by atoms with Crippen LogP contribution in [0.4, 0.5) is 14.5 Å². The minimum atomic E-state index is -3.02. The Morgan fingerprint density at radius 1 is 1.17 bits per heavy atom. The summed E-state index contributed by atoms with van der Waals surface area (Å²) < 4.78 is 39.0. The fourth-order valence-electron chi connectivity index (χ4n) is 2.39. The van der Waals surface area contributed by atoms with Gasteiger partial charge in [-0.1, -0.05) is 6.07 Å². The number of alkyl halides is 2. The van der Waals surface area contributed by atoms with E-state index in [-0.39, 0.29) is 23.7 Å². The van der Waals surface area contributed by atoms with Crippen LogP contribution in [0.1, 0.15) is 22.8 Å². The number of nitriles is 1. The number of benzene rings is 2. The predicted octanol–water partition coefficient (Wildman–Crippen LogP) is 4.02. The monoisotopic (exact) mass is 416 g/mol. The summed E-state index contributed by atoms with van der Waals surface area (Å²) in [5, 5.41) is 11.9. The van der Waals surface area contributed by atoms with E-state index < -0.39 is 18.5 Å². The van der Waals surface area contributed by atoms with Crippen LogP contribution in [0.15, 0.2) is 48.0 Å². The first kappa shape index (κ1) is 22.4. The van der Waals surface area contributed by atoms with E-state index in [1.165, 1.54) is 55.7 Å². The molecule has 2 rings (SSSR count). The van der Waals surface area contributed by atoms with Crippen LogP contribution in [0.2, 0.25) is 0 Å². The zero-order valence-corrected chi connectivity index (χ0v) is 16.1. The zero-order valence-electron chi connectivity index (χ0n) is 16.1. The molecule has 30 heavy (non-hydrogen) atoms. The average molecular weight is 416 g/mol. The van der Waals surface area contributed by atoms with Crippen molar-refractivity contribution in [3.63, 3.8) is 0 Å². The molecule has 0 aromatic heterocycles. The molecular formula is C21H18F2N2O5. The molecule has 0 aliphatic heterocycles. The number of anilines is 1. The maximum absolute atomic E-state index is 12.4. The van der Waals surface area contributed by atoms with Gasteiger partial charge in [0.25, 0.3) is 5.91 Å². The van der Waals surface area contributed by atoms with Gasteiger partial charge in [-0.25, -0.2) is 4.79 Å². The van der Waals surface area contributed by atoms with Crippen LogP contribution in [-0.2, 0) is 9.53 Å². The fraction of sp³-hybridized carbons (Fsp3) is 0.190. The Morgan fingerprint density at radius 3 is 2.43 bits per heavy atom. The van der Waals surface area contributed by atoms with Crippen LogP contribution >= 0.6 is 0 Å². The lowest BCUT2D eigenvalue weighted by Crippen LogP contribution is -2.13. The molecule has 1 amide bonds. The van der Waals surface area contributed by atoms with Gasteiger partial charge in [0.2, 0.25) is 0 Å². The van der Waals surface area contributed by atoms with Crippen LogP contribution in [0, 0.1) is 11.3 Å². The van der Waals surface area contributed by atoms with Gasteiger partial charge in [0, 0.05) is 5.69 Å². The van der Waals surface area contributed by atoms with Gasteiger partial charge >= 0.3 is 12.6 Å². The number of hydrogen-bond donors (Lipinski definition) is 1. The van der Waals surface area contributed by atoms with Crippen molar-refractivity contribution in [1.29, 1.82) is 5.26 Å². The molecule has 0 radical (unpaired) electrons. The quantitative estimate of drug-likeness (QED) is 0.397. The second-order valence-corrected chi connectivity index (χ2v) is 5.71. The molecule has 2 aromatic rings. The largest absolute Gasteiger partial charge is 0.493 e. The molecule has 0 bridgehead atoms. The van der Waals surface area contributed by atoms with E-state index in [2.05, 4.69) is 10.1 Å². The molecular weight excluding hydrogens is 398 g/mol. The second kappa shape index (κ2) is 10.6. The molecule has 2 aromatic carbocycles. The van der Waals surface area contributed by atoms with Gasteiger partial charge in [0.15, 0.2) is 11.5 Å². The summed E-state index contributed by atoms with van der Waals surface area (Å²) in [5.41, 5.74) is 0.837. The van der Waals surface area contributed by atoms with Gasteiger partial charge in [-0.2, -0.15) is 14.0 Å². The Morgan fingerprint density at radius 2 is 1.87 bits per heavy atom. The van der Waals surface area contributed by atoms with Crippen molar-refractivity contribution < 1.29 is 32.6 Å². The summed E-state index contributed by atoms with van der Waals surface area (Å²) in [7, 11) is 1.28. The number of hydrogen-bond acceptors (Lipinski definition) is 6. The summed E-state index contributed by atoms with van der Waals surface area (Å²) in [6.45, 7) is -1.08. The van der Waals surface area contributed by atoms with Gasteiger partial charge in [0.1, 0.15) is 11.6 Å². The van der Waals surface area contributed by atoms with Crippen molar-refractivity contribution >= 4 is 23.6 Å². The molecule has 156 valence electrons. The molecule has 0 fully saturated rings. The number of esters is 1. The molecule has 9 heteroatoms. The van der Waals surface area contributed by atoms with Crippen molar-refractivity contribution in [3.05, 3.63) is 59.2 Å². The summed E-state index contributed by atoms with van der Waals surface area (Å²) in [6.07, 6.45) is 1.27. The molecule has 0 saturated carbocycles. The molecule has 0 saturated heterocycles. The number of carbonyl (C=O) groups is 2. The van der Waals surface area contributed by atoms with Gasteiger partial charge in [-0.3, -0.25) is 4.79 Å². The summed E-state index contributed by atoms with van der Waals surface area (Å²) in [5.74, 6) is -1.32. The first-order valence-electron chi connectivity index (χ1n) is 8.71. The molecule has 0 heterocycles. The highest BCUT2D eigenvalue weighted by molar-refractivity contribution is 6.09. The minimum absolute atomic E-state index is 0.0244. The third-order valence-electron chi connectivity index (χ3n) is 3.73. The highest BCUT2D eigenvalue weighted by Gasteiger charge is 2.14. The first-order valence-corrected chi connectivity index (χ1v) is 8.71. The second-order valence-electron chi connectivity index (χ2n) is 5.71. The van der Waals surface area contributed by atoms with E-state index in [0.717, 1.165) is 0 Å². The SMILES string of the molecule is CCOC(=O)c1ccc(NC(=O)C(C#N)=Cc2ccc(OC(F)F)c(OC)c2)cc1. The van der Waals surface area contributed by atoms with Crippen molar-refractivity contribution in [3.8, 4) is 17.6 Å². The van der Waals surface area contributed by atoms with E-state index >= 15 is 0 Å². The predicted molar refractivity (Wildman–Crippen MR) is 104 cm³/mol. The smallest absolute Gasteiger partial charge is 0.387 e. The maximum atomic E-state index is 12.4. The van der Waals surface area contributed by atoms with Gasteiger partial charge in [0.05, 0.1) is 19.3 Å². The van der Waals surface area contributed by atoms with Crippen molar-refractivity contribution in [2.45, 2.75) is 13.5 Å². The van der Waals surface area contributed by atoms with Gasteiger partial charge < -0.3 is 19.5 Å². The lowest BCUT2D eigenvalue weighted by atomic mass is 10.1. The summed E-state index contributed by atoms with van der Waals surface area (Å²) >= 11 is 0. The van der Waals surface area contributed by atoms with Crippen LogP contribution in [0.5, 0.6) is 11.5 Å². The fourth-order valence-corrected chi connectivity index (χ4v) is 2.39. The highest BCUT2D eigenvalue weighted by atomic mass is 19.3. The summed E-state index contributed by atoms with van der Waals surface area (Å²) in [4.78, 5) is 24.0. The molecule has 1 N–H and O–H groups in total. The van der Waals surface area contributed by atoms with Crippen molar-refractivity contribution in [2.75, 3.05) is 19.0 Å². The Labute approximate surface area is 171 Å². The highest BCUT2D eigenvalue weighted by Crippen LogP contribution is 2.30. The normalized spacial score (nSPS) is 10.9. The number of methoxy groups -OCH3 is 1. The lowest BCUT2D eigenvalue weighted by Gasteiger charge is -2.10. The molecule has 7 nitrogen and oxygen atoms in total. The number of amides is 1. The van der Waals surface area contributed by atoms with E-state index in [4.69, 9.17) is 9.47 Å². The van der Waals surface area contributed by atoms with Crippen molar-refractivity contribution in [1.82, 2.24) is 0 Å². The molecule has 0 aliphatic carbocycles. The molecule has 0 spiro atoms. The Kier molecular flexibility index (Phi) is 7.88. The topological polar surface area (TPSA) is 97.7 Å². The number of nitrogens with zero attached hydrogens (tertiary/aromatic N) is 1. The average Bonchev–Trinajstić information content (AvgIpc) is 2.73. The standard InChI is InChI=1S/C21H18F2N2O5/c1-3-29-20(27)14-5-7-16(8-6-14)25-19(26)15(12-24)10-13-4-9-17(30-21(22)23)18(11-13)28-2/h4-11,21H,3H2,1-2H3,(H,25,26). The number of halogens is 2. The maximum Gasteiger partial charge on any atom is 0.387 e. The number of rotatable bonds is 8. The number of ether oxygens (including phenoxy) is 3. The molecule has 0 aliphatic rings. The van der Waals surface area contributed by atoms with Gasteiger partial charge in [-0.05, 0) is 55.0 Å². The van der Waals surface area contributed by atoms with Crippen LogP contribution < -0.4 is 14.8 Å². The number of carbonyl (C=O) groups excluding carboxylic acids is 2. The van der Waals surface area contributed by atoms with Crippen LogP contribution in [0.3, 0.4) is 0 Å². The molecule has 0 unspecified atom stereocenters. The Bertz CT molecular complexity index is 982. The van der Waals surface area contributed by atoms with E-state index in [9.17, 15) is 23.6 Å². The Balaban J connectivity index is 2.17. The number of nitrogens with one attached hydrogen (secondary N) is 1. The zero-order chi connectivity index (χ0) is 22.1. The Hall–Kier alpha value is -3.93. The van der Waals surface area contributed by atoms with Crippen LogP contribution in [0.25, 0.3) is 6.08 Å². The third-order valence-corrected chi connectivity index (χ3v) is 3.73. The first-order chi connectivity index (χ1) is 14.4. The van der Waals surface area contributed by atoms with E-state index in [0.29, 0.717) is 16.8 Å².